The second-order valence-corrected chi connectivity index (χ2v) is 5.12. The van der Waals surface area contributed by atoms with Crippen molar-refractivity contribution in [1.29, 1.82) is 0 Å². The lowest BCUT2D eigenvalue weighted by Gasteiger charge is -2.14. The monoisotopic (exact) mass is 288 g/mol. The molecule has 1 heterocycles. The molecule has 4 heteroatoms. The molecule has 0 radical (unpaired) electrons. The number of benzene rings is 1. The van der Waals surface area contributed by atoms with Crippen molar-refractivity contribution < 1.29 is 9.13 Å². The van der Waals surface area contributed by atoms with Crippen LogP contribution in [0.15, 0.2) is 30.5 Å². The zero-order valence-corrected chi connectivity index (χ0v) is 12.7. The summed E-state index contributed by atoms with van der Waals surface area (Å²) in [6.07, 6.45) is 2.88. The molecule has 1 aromatic carbocycles. The first kappa shape index (κ1) is 15.4. The summed E-state index contributed by atoms with van der Waals surface area (Å²) >= 11 is 0. The van der Waals surface area contributed by atoms with Crippen LogP contribution in [0.1, 0.15) is 30.2 Å². The molecule has 0 fully saturated rings. The summed E-state index contributed by atoms with van der Waals surface area (Å²) in [5, 5.41) is 3.33. The van der Waals surface area contributed by atoms with Crippen molar-refractivity contribution in [1.82, 2.24) is 10.3 Å². The highest BCUT2D eigenvalue weighted by molar-refractivity contribution is 5.41. The van der Waals surface area contributed by atoms with Crippen molar-refractivity contribution in [2.24, 2.45) is 0 Å². The van der Waals surface area contributed by atoms with Gasteiger partial charge < -0.3 is 10.1 Å². The molecule has 0 saturated heterocycles. The van der Waals surface area contributed by atoms with Crippen molar-refractivity contribution in [3.63, 3.8) is 0 Å². The Bertz CT molecular complexity index is 614. The summed E-state index contributed by atoms with van der Waals surface area (Å²) in [6.45, 7) is 7.55. The van der Waals surface area contributed by atoms with Gasteiger partial charge in [-0.3, -0.25) is 4.98 Å². The molecule has 2 rings (SSSR count). The van der Waals surface area contributed by atoms with Gasteiger partial charge in [0, 0.05) is 36.1 Å². The molecule has 0 atom stereocenters. The van der Waals surface area contributed by atoms with Crippen molar-refractivity contribution >= 4 is 0 Å². The molecule has 112 valence electrons. The molecule has 21 heavy (non-hydrogen) atoms. The zero-order chi connectivity index (χ0) is 15.2. The SMILES string of the molecule is CCCNCc1cnc(C)cc1Oc1cc(F)ccc1C. The summed E-state index contributed by atoms with van der Waals surface area (Å²) < 4.78 is 19.3. The number of nitrogens with zero attached hydrogens (tertiary/aromatic N) is 1. The lowest BCUT2D eigenvalue weighted by Crippen LogP contribution is -2.14. The fourth-order valence-corrected chi connectivity index (χ4v) is 1.99. The van der Waals surface area contributed by atoms with E-state index in [4.69, 9.17) is 4.74 Å². The van der Waals surface area contributed by atoms with E-state index in [0.717, 1.165) is 35.5 Å². The average molecular weight is 288 g/mol. The van der Waals surface area contributed by atoms with Crippen LogP contribution in [0.25, 0.3) is 0 Å². The number of hydrogen-bond acceptors (Lipinski definition) is 3. The molecule has 3 nitrogen and oxygen atoms in total. The van der Waals surface area contributed by atoms with Gasteiger partial charge in [-0.15, -0.1) is 0 Å². The van der Waals surface area contributed by atoms with Crippen molar-refractivity contribution in [3.8, 4) is 11.5 Å². The van der Waals surface area contributed by atoms with Crippen LogP contribution in [0.2, 0.25) is 0 Å². The van der Waals surface area contributed by atoms with Gasteiger partial charge in [0.2, 0.25) is 0 Å². The first-order valence-corrected chi connectivity index (χ1v) is 7.20. The van der Waals surface area contributed by atoms with Gasteiger partial charge in [0.15, 0.2) is 0 Å². The van der Waals surface area contributed by atoms with Crippen molar-refractivity contribution in [3.05, 3.63) is 53.1 Å². The van der Waals surface area contributed by atoms with E-state index >= 15 is 0 Å². The third kappa shape index (κ3) is 4.26. The molecule has 0 amide bonds. The molecule has 0 bridgehead atoms. The van der Waals surface area contributed by atoms with Gasteiger partial charge in [-0.05, 0) is 38.4 Å². The number of halogens is 1. The highest BCUT2D eigenvalue weighted by Gasteiger charge is 2.09. The van der Waals surface area contributed by atoms with Crippen LogP contribution in [-0.4, -0.2) is 11.5 Å². The molecular formula is C17H21FN2O. The Kier molecular flexibility index (Phi) is 5.28. The topological polar surface area (TPSA) is 34.2 Å². The Morgan fingerprint density at radius 1 is 1.19 bits per heavy atom. The lowest BCUT2D eigenvalue weighted by molar-refractivity contribution is 0.462. The Morgan fingerprint density at radius 2 is 2.00 bits per heavy atom. The van der Waals surface area contributed by atoms with Crippen LogP contribution in [0.5, 0.6) is 11.5 Å². The quantitative estimate of drug-likeness (QED) is 0.812. The second-order valence-electron chi connectivity index (χ2n) is 5.12. The van der Waals surface area contributed by atoms with Crippen LogP contribution in [-0.2, 0) is 6.54 Å². The summed E-state index contributed by atoms with van der Waals surface area (Å²) in [5.74, 6) is 0.962. The van der Waals surface area contributed by atoms with Crippen LogP contribution in [0, 0.1) is 19.7 Å². The zero-order valence-electron chi connectivity index (χ0n) is 12.7. The van der Waals surface area contributed by atoms with Crippen LogP contribution in [0.4, 0.5) is 4.39 Å². The number of pyridine rings is 1. The maximum atomic E-state index is 13.4. The van der Waals surface area contributed by atoms with Gasteiger partial charge in [-0.2, -0.15) is 0 Å². The summed E-state index contributed by atoms with van der Waals surface area (Å²) in [5.41, 5.74) is 2.74. The predicted octanol–water partition coefficient (Wildman–Crippen LogP) is 4.13. The van der Waals surface area contributed by atoms with E-state index in [9.17, 15) is 4.39 Å². The average Bonchev–Trinajstić information content (AvgIpc) is 2.45. The minimum atomic E-state index is -0.299. The first-order valence-electron chi connectivity index (χ1n) is 7.20. The minimum absolute atomic E-state index is 0.299. The summed E-state index contributed by atoms with van der Waals surface area (Å²) in [4.78, 5) is 4.31. The van der Waals surface area contributed by atoms with E-state index in [-0.39, 0.29) is 5.82 Å². The highest BCUT2D eigenvalue weighted by Crippen LogP contribution is 2.28. The van der Waals surface area contributed by atoms with E-state index in [1.165, 1.54) is 12.1 Å². The standard InChI is InChI=1S/C17H21FN2O/c1-4-7-19-10-14-11-20-13(3)8-17(14)21-16-9-15(18)6-5-12(16)2/h5-6,8-9,11,19H,4,7,10H2,1-3H3. The van der Waals surface area contributed by atoms with E-state index in [0.29, 0.717) is 12.3 Å². The summed E-state index contributed by atoms with van der Waals surface area (Å²) in [7, 11) is 0. The van der Waals surface area contributed by atoms with E-state index in [1.807, 2.05) is 26.1 Å². The molecule has 2 aromatic rings. The van der Waals surface area contributed by atoms with Gasteiger partial charge in [-0.25, -0.2) is 4.39 Å². The molecule has 0 saturated carbocycles. The molecule has 1 N–H and O–H groups in total. The van der Waals surface area contributed by atoms with Crippen LogP contribution in [0.3, 0.4) is 0 Å². The maximum Gasteiger partial charge on any atom is 0.135 e. The molecule has 0 aliphatic heterocycles. The summed E-state index contributed by atoms with van der Waals surface area (Å²) in [6, 6.07) is 6.44. The minimum Gasteiger partial charge on any atom is -0.457 e. The normalized spacial score (nSPS) is 10.7. The molecule has 0 spiro atoms. The van der Waals surface area contributed by atoms with E-state index in [1.54, 1.807) is 6.07 Å². The third-order valence-electron chi connectivity index (χ3n) is 3.19. The molecule has 0 aliphatic rings. The molecule has 1 aromatic heterocycles. The van der Waals surface area contributed by atoms with Crippen molar-refractivity contribution in [2.75, 3.05) is 6.54 Å². The first-order chi connectivity index (χ1) is 10.1. The van der Waals surface area contributed by atoms with E-state index < -0.39 is 0 Å². The fraction of sp³-hybridized carbons (Fsp3) is 0.353. The smallest absolute Gasteiger partial charge is 0.135 e. The number of nitrogens with one attached hydrogen (secondary N) is 1. The van der Waals surface area contributed by atoms with Gasteiger partial charge in [0.1, 0.15) is 17.3 Å². The van der Waals surface area contributed by atoms with Crippen molar-refractivity contribution in [2.45, 2.75) is 33.7 Å². The van der Waals surface area contributed by atoms with Gasteiger partial charge in [0.05, 0.1) is 0 Å². The Balaban J connectivity index is 2.25. The third-order valence-corrected chi connectivity index (χ3v) is 3.19. The predicted molar refractivity (Wildman–Crippen MR) is 82.2 cm³/mol. The van der Waals surface area contributed by atoms with Crippen LogP contribution >= 0.6 is 0 Å². The lowest BCUT2D eigenvalue weighted by atomic mass is 10.2. The van der Waals surface area contributed by atoms with Gasteiger partial charge in [-0.1, -0.05) is 13.0 Å². The number of hydrogen-bond donors (Lipinski definition) is 1. The molecular weight excluding hydrogens is 267 g/mol. The number of rotatable bonds is 6. The largest absolute Gasteiger partial charge is 0.457 e. The Hall–Kier alpha value is -1.94. The Labute approximate surface area is 125 Å². The number of aromatic nitrogens is 1. The van der Waals surface area contributed by atoms with Gasteiger partial charge >= 0.3 is 0 Å². The molecule has 0 aliphatic carbocycles. The maximum absolute atomic E-state index is 13.4. The van der Waals surface area contributed by atoms with E-state index in [2.05, 4.69) is 17.2 Å². The number of aryl methyl sites for hydroxylation is 2. The highest BCUT2D eigenvalue weighted by atomic mass is 19.1. The van der Waals surface area contributed by atoms with Crippen LogP contribution < -0.4 is 10.1 Å². The Morgan fingerprint density at radius 3 is 2.76 bits per heavy atom. The molecule has 0 unspecified atom stereocenters. The second kappa shape index (κ2) is 7.18. The number of ether oxygens (including phenoxy) is 1. The fourth-order valence-electron chi connectivity index (χ4n) is 1.99. The van der Waals surface area contributed by atoms with Gasteiger partial charge in [0.25, 0.3) is 0 Å².